The third-order valence-electron chi connectivity index (χ3n) is 3.82. The lowest BCUT2D eigenvalue weighted by Crippen LogP contribution is -2.27. The molecule has 1 amide bonds. The topological polar surface area (TPSA) is 65.1 Å². The Hall–Kier alpha value is -1.81. The van der Waals surface area contributed by atoms with E-state index in [1.165, 1.54) is 16.5 Å². The first-order chi connectivity index (χ1) is 10.1. The lowest BCUT2D eigenvalue weighted by Gasteiger charge is -2.08. The van der Waals surface area contributed by atoms with E-state index in [9.17, 15) is 9.90 Å². The molecule has 4 heteroatoms. The molecule has 2 rings (SSSR count). The Morgan fingerprint density at radius 2 is 2.24 bits per heavy atom. The van der Waals surface area contributed by atoms with Crippen molar-refractivity contribution in [2.24, 2.45) is 0 Å². The van der Waals surface area contributed by atoms with Crippen LogP contribution in [0.25, 0.3) is 10.9 Å². The summed E-state index contributed by atoms with van der Waals surface area (Å²) in [5.74, 6) is 0.0420. The fourth-order valence-corrected chi connectivity index (χ4v) is 2.42. The monoisotopic (exact) mass is 288 g/mol. The predicted octanol–water partition coefficient (Wildman–Crippen LogP) is 2.69. The quantitative estimate of drug-likeness (QED) is 0.733. The van der Waals surface area contributed by atoms with Crippen molar-refractivity contribution >= 4 is 16.8 Å². The minimum atomic E-state index is -0.318. The van der Waals surface area contributed by atoms with Gasteiger partial charge in [-0.15, -0.1) is 0 Å². The van der Waals surface area contributed by atoms with Crippen LogP contribution < -0.4 is 5.32 Å². The molecular formula is C17H24N2O2. The molecule has 0 fully saturated rings. The fourth-order valence-electron chi connectivity index (χ4n) is 2.42. The van der Waals surface area contributed by atoms with Gasteiger partial charge in [-0.3, -0.25) is 4.79 Å². The average Bonchev–Trinajstić information content (AvgIpc) is 2.87. The highest BCUT2D eigenvalue weighted by molar-refractivity contribution is 5.84. The number of nitrogens with one attached hydrogen (secondary N) is 2. The molecule has 3 N–H and O–H groups in total. The number of aryl methyl sites for hydroxylation is 2. The van der Waals surface area contributed by atoms with Gasteiger partial charge in [-0.05, 0) is 43.9 Å². The molecule has 0 spiro atoms. The number of hydrogen-bond acceptors (Lipinski definition) is 2. The number of rotatable bonds is 7. The molecule has 1 heterocycles. The zero-order valence-electron chi connectivity index (χ0n) is 12.8. The van der Waals surface area contributed by atoms with Crippen molar-refractivity contribution in [1.29, 1.82) is 0 Å². The van der Waals surface area contributed by atoms with Crippen LogP contribution in [-0.4, -0.2) is 28.6 Å². The van der Waals surface area contributed by atoms with E-state index in [0.29, 0.717) is 19.4 Å². The summed E-state index contributed by atoms with van der Waals surface area (Å²) in [5.41, 5.74) is 3.51. The van der Waals surface area contributed by atoms with Gasteiger partial charge in [-0.2, -0.15) is 0 Å². The van der Waals surface area contributed by atoms with Gasteiger partial charge in [0.25, 0.3) is 0 Å². The molecule has 1 aromatic carbocycles. The molecule has 0 saturated carbocycles. The van der Waals surface area contributed by atoms with Crippen LogP contribution in [0.3, 0.4) is 0 Å². The van der Waals surface area contributed by atoms with Crippen LogP contribution in [0, 0.1) is 6.92 Å². The van der Waals surface area contributed by atoms with Gasteiger partial charge in [0.05, 0.1) is 6.10 Å². The summed E-state index contributed by atoms with van der Waals surface area (Å²) in [6, 6.07) is 6.30. The van der Waals surface area contributed by atoms with Crippen molar-refractivity contribution in [3.05, 3.63) is 35.5 Å². The lowest BCUT2D eigenvalue weighted by atomic mass is 10.1. The Labute approximate surface area is 125 Å². The molecule has 2 aromatic rings. The van der Waals surface area contributed by atoms with E-state index in [-0.39, 0.29) is 12.0 Å². The van der Waals surface area contributed by atoms with Crippen LogP contribution in [0.1, 0.15) is 37.3 Å². The van der Waals surface area contributed by atoms with E-state index >= 15 is 0 Å². The molecule has 1 unspecified atom stereocenters. The number of benzene rings is 1. The summed E-state index contributed by atoms with van der Waals surface area (Å²) in [6.07, 6.45) is 4.22. The Balaban J connectivity index is 1.84. The summed E-state index contributed by atoms with van der Waals surface area (Å²) in [7, 11) is 0. The van der Waals surface area contributed by atoms with E-state index in [1.54, 1.807) is 0 Å². The molecule has 21 heavy (non-hydrogen) atoms. The summed E-state index contributed by atoms with van der Waals surface area (Å²) in [4.78, 5) is 15.0. The molecule has 4 nitrogen and oxygen atoms in total. The summed E-state index contributed by atoms with van der Waals surface area (Å²) >= 11 is 0. The van der Waals surface area contributed by atoms with E-state index in [4.69, 9.17) is 0 Å². The van der Waals surface area contributed by atoms with Gasteiger partial charge in [-0.1, -0.05) is 18.6 Å². The van der Waals surface area contributed by atoms with Crippen LogP contribution in [0.15, 0.2) is 24.4 Å². The van der Waals surface area contributed by atoms with Crippen LogP contribution >= 0.6 is 0 Å². The second kappa shape index (κ2) is 7.27. The van der Waals surface area contributed by atoms with Gasteiger partial charge in [0.15, 0.2) is 0 Å². The third-order valence-corrected chi connectivity index (χ3v) is 3.82. The maximum Gasteiger partial charge on any atom is 0.220 e. The maximum atomic E-state index is 11.8. The molecule has 0 radical (unpaired) electrons. The van der Waals surface area contributed by atoms with Crippen LogP contribution in [0.4, 0.5) is 0 Å². The van der Waals surface area contributed by atoms with Gasteiger partial charge in [0.2, 0.25) is 5.91 Å². The van der Waals surface area contributed by atoms with Crippen molar-refractivity contribution in [3.63, 3.8) is 0 Å². The Morgan fingerprint density at radius 3 is 3.00 bits per heavy atom. The molecule has 114 valence electrons. The number of H-pyrrole nitrogens is 1. The molecule has 0 aliphatic heterocycles. The number of carbonyl (C=O) groups excluding carboxylic acids is 1. The molecular weight excluding hydrogens is 264 g/mol. The molecule has 0 aliphatic carbocycles. The summed E-state index contributed by atoms with van der Waals surface area (Å²) in [6.45, 7) is 4.55. The smallest absolute Gasteiger partial charge is 0.220 e. The highest BCUT2D eigenvalue weighted by atomic mass is 16.3. The van der Waals surface area contributed by atoms with E-state index in [2.05, 4.69) is 35.4 Å². The minimum Gasteiger partial charge on any atom is -0.393 e. The zero-order valence-corrected chi connectivity index (χ0v) is 12.8. The number of hydrogen-bond donors (Lipinski definition) is 3. The SMILES string of the molecule is CCC(O)CCNC(=O)CCc1c[nH]c2ccc(C)cc12. The number of aromatic amines is 1. The standard InChI is InChI=1S/C17H24N2O2/c1-3-14(20)8-9-18-17(21)7-5-13-11-19-16-6-4-12(2)10-15(13)16/h4,6,10-11,14,19-20H,3,5,7-9H2,1-2H3,(H,18,21). The normalized spacial score (nSPS) is 12.5. The second-order valence-electron chi connectivity index (χ2n) is 5.56. The number of aromatic nitrogens is 1. The zero-order chi connectivity index (χ0) is 15.2. The highest BCUT2D eigenvalue weighted by Crippen LogP contribution is 2.20. The fraction of sp³-hybridized carbons (Fsp3) is 0.471. The predicted molar refractivity (Wildman–Crippen MR) is 85.3 cm³/mol. The van der Waals surface area contributed by atoms with E-state index < -0.39 is 0 Å². The molecule has 0 aliphatic rings. The molecule has 0 saturated heterocycles. The Bertz CT molecular complexity index is 604. The number of aliphatic hydroxyl groups excluding tert-OH is 1. The number of carbonyl (C=O) groups is 1. The first kappa shape index (κ1) is 15.6. The molecule has 1 atom stereocenters. The van der Waals surface area contributed by atoms with Crippen molar-refractivity contribution in [3.8, 4) is 0 Å². The third kappa shape index (κ3) is 4.33. The van der Waals surface area contributed by atoms with Crippen LogP contribution in [-0.2, 0) is 11.2 Å². The van der Waals surface area contributed by atoms with Gasteiger partial charge in [0.1, 0.15) is 0 Å². The molecule has 1 aromatic heterocycles. The molecule has 0 bridgehead atoms. The average molecular weight is 288 g/mol. The Morgan fingerprint density at radius 1 is 1.43 bits per heavy atom. The second-order valence-corrected chi connectivity index (χ2v) is 5.56. The van der Waals surface area contributed by atoms with Crippen molar-refractivity contribution in [1.82, 2.24) is 10.3 Å². The maximum absolute atomic E-state index is 11.8. The van der Waals surface area contributed by atoms with Gasteiger partial charge < -0.3 is 15.4 Å². The first-order valence-electron chi connectivity index (χ1n) is 7.61. The highest BCUT2D eigenvalue weighted by Gasteiger charge is 2.08. The van der Waals surface area contributed by atoms with Crippen molar-refractivity contribution in [2.75, 3.05) is 6.54 Å². The number of fused-ring (bicyclic) bond motifs is 1. The number of aliphatic hydroxyl groups is 1. The first-order valence-corrected chi connectivity index (χ1v) is 7.61. The summed E-state index contributed by atoms with van der Waals surface area (Å²) in [5, 5.41) is 13.5. The van der Waals surface area contributed by atoms with Gasteiger partial charge in [0, 0.05) is 30.1 Å². The number of amides is 1. The van der Waals surface area contributed by atoms with Crippen LogP contribution in [0.2, 0.25) is 0 Å². The van der Waals surface area contributed by atoms with E-state index in [1.807, 2.05) is 13.1 Å². The van der Waals surface area contributed by atoms with Gasteiger partial charge in [-0.25, -0.2) is 0 Å². The lowest BCUT2D eigenvalue weighted by molar-refractivity contribution is -0.121. The largest absolute Gasteiger partial charge is 0.393 e. The Kier molecular flexibility index (Phi) is 5.39. The summed E-state index contributed by atoms with van der Waals surface area (Å²) < 4.78 is 0. The van der Waals surface area contributed by atoms with Gasteiger partial charge >= 0.3 is 0 Å². The van der Waals surface area contributed by atoms with Crippen molar-refractivity contribution < 1.29 is 9.90 Å². The van der Waals surface area contributed by atoms with E-state index in [0.717, 1.165) is 18.4 Å². The minimum absolute atomic E-state index is 0.0420. The van der Waals surface area contributed by atoms with Crippen LogP contribution in [0.5, 0.6) is 0 Å². The van der Waals surface area contributed by atoms with Crippen molar-refractivity contribution in [2.45, 2.75) is 45.6 Å².